The van der Waals surface area contributed by atoms with Crippen LogP contribution in [-0.2, 0) is 0 Å². The first-order valence-electron chi connectivity index (χ1n) is 6.37. The number of hydrogen-bond donors (Lipinski definition) is 1. The highest BCUT2D eigenvalue weighted by Crippen LogP contribution is 2.27. The third-order valence-corrected chi connectivity index (χ3v) is 5.51. The van der Waals surface area contributed by atoms with Crippen LogP contribution in [0.3, 0.4) is 0 Å². The number of amides is 1. The fraction of sp³-hybridized carbons (Fsp3) is 0.0625. The fourth-order valence-electron chi connectivity index (χ4n) is 2.06. The number of halogens is 1. The van der Waals surface area contributed by atoms with E-state index in [1.165, 1.54) is 11.3 Å². The lowest BCUT2D eigenvalue weighted by Gasteiger charge is -2.17. The van der Waals surface area contributed by atoms with Gasteiger partial charge in [0.1, 0.15) is 0 Å². The van der Waals surface area contributed by atoms with Gasteiger partial charge < -0.3 is 5.32 Å². The Kier molecular flexibility index (Phi) is 4.53. The summed E-state index contributed by atoms with van der Waals surface area (Å²) in [6, 6.07) is 15.8. The van der Waals surface area contributed by atoms with E-state index < -0.39 is 0 Å². The highest BCUT2D eigenvalue weighted by molar-refractivity contribution is 9.11. The molecule has 3 rings (SSSR count). The molecule has 1 atom stereocenters. The van der Waals surface area contributed by atoms with Gasteiger partial charge in [-0.2, -0.15) is 0 Å². The second kappa shape index (κ2) is 6.56. The normalized spacial score (nSPS) is 12.0. The molecule has 0 aliphatic heterocycles. The van der Waals surface area contributed by atoms with Gasteiger partial charge >= 0.3 is 0 Å². The van der Waals surface area contributed by atoms with Crippen LogP contribution in [0.25, 0.3) is 0 Å². The number of thiophene rings is 2. The predicted octanol–water partition coefficient (Wildman–Crippen LogP) is 5.09. The van der Waals surface area contributed by atoms with Gasteiger partial charge in [-0.05, 0) is 39.0 Å². The Hall–Kier alpha value is -1.43. The highest BCUT2D eigenvalue weighted by Gasteiger charge is 2.19. The Balaban J connectivity index is 1.88. The van der Waals surface area contributed by atoms with Gasteiger partial charge in [-0.1, -0.05) is 36.4 Å². The molecule has 0 saturated heterocycles. The van der Waals surface area contributed by atoms with Crippen LogP contribution in [0.15, 0.2) is 63.1 Å². The fourth-order valence-corrected chi connectivity index (χ4v) is 4.00. The minimum Gasteiger partial charge on any atom is -0.340 e. The molecule has 0 spiro atoms. The lowest BCUT2D eigenvalue weighted by Crippen LogP contribution is -2.28. The van der Waals surface area contributed by atoms with Crippen molar-refractivity contribution in [1.29, 1.82) is 0 Å². The molecule has 0 aliphatic rings. The first-order valence-corrected chi connectivity index (χ1v) is 8.92. The SMILES string of the molecule is O=C(NC(c1ccccc1)c1cccs1)c1csc(Br)c1. The quantitative estimate of drug-likeness (QED) is 0.673. The number of rotatable bonds is 4. The van der Waals surface area contributed by atoms with Gasteiger partial charge in [-0.25, -0.2) is 0 Å². The molecule has 0 fully saturated rings. The van der Waals surface area contributed by atoms with Crippen LogP contribution in [0, 0.1) is 0 Å². The van der Waals surface area contributed by atoms with Crippen molar-refractivity contribution < 1.29 is 4.79 Å². The van der Waals surface area contributed by atoms with Gasteiger partial charge in [-0.3, -0.25) is 4.79 Å². The standard InChI is InChI=1S/C16H12BrNOS2/c17-14-9-12(10-21-14)16(19)18-15(13-7-4-8-20-13)11-5-2-1-3-6-11/h1-10,15H,(H,18,19). The molecular formula is C16H12BrNOS2. The van der Waals surface area contributed by atoms with Crippen LogP contribution in [-0.4, -0.2) is 5.91 Å². The summed E-state index contributed by atoms with van der Waals surface area (Å²) in [6.45, 7) is 0. The van der Waals surface area contributed by atoms with Crippen LogP contribution in [0.4, 0.5) is 0 Å². The van der Waals surface area contributed by atoms with E-state index in [2.05, 4.69) is 21.2 Å². The Morgan fingerprint density at radius 2 is 1.90 bits per heavy atom. The van der Waals surface area contributed by atoms with Crippen molar-refractivity contribution in [2.24, 2.45) is 0 Å². The Morgan fingerprint density at radius 3 is 2.52 bits per heavy atom. The minimum absolute atomic E-state index is 0.0563. The molecule has 1 amide bonds. The van der Waals surface area contributed by atoms with Gasteiger partial charge in [-0.15, -0.1) is 22.7 Å². The maximum atomic E-state index is 12.4. The summed E-state index contributed by atoms with van der Waals surface area (Å²) in [5, 5.41) is 7.01. The van der Waals surface area contributed by atoms with Gasteiger partial charge in [0, 0.05) is 10.3 Å². The Labute approximate surface area is 139 Å². The molecule has 1 N–H and O–H groups in total. The van der Waals surface area contributed by atoms with Crippen molar-refractivity contribution in [3.8, 4) is 0 Å². The summed E-state index contributed by atoms with van der Waals surface area (Å²) >= 11 is 6.55. The second-order valence-corrected chi connectivity index (χ2v) is 7.74. The summed E-state index contributed by atoms with van der Waals surface area (Å²) in [5.41, 5.74) is 1.77. The molecule has 3 aromatic rings. The largest absolute Gasteiger partial charge is 0.340 e. The number of carbonyl (C=O) groups is 1. The molecule has 0 aliphatic carbocycles. The number of carbonyl (C=O) groups excluding carboxylic acids is 1. The van der Waals surface area contributed by atoms with E-state index in [0.717, 1.165) is 14.2 Å². The zero-order chi connectivity index (χ0) is 14.7. The number of nitrogens with one attached hydrogen (secondary N) is 1. The van der Waals surface area contributed by atoms with Gasteiger partial charge in [0.15, 0.2) is 0 Å². The highest BCUT2D eigenvalue weighted by atomic mass is 79.9. The Morgan fingerprint density at radius 1 is 1.10 bits per heavy atom. The molecular weight excluding hydrogens is 366 g/mol. The van der Waals surface area contributed by atoms with Crippen molar-refractivity contribution in [3.63, 3.8) is 0 Å². The molecule has 21 heavy (non-hydrogen) atoms. The van der Waals surface area contributed by atoms with Crippen molar-refractivity contribution in [1.82, 2.24) is 5.32 Å². The van der Waals surface area contributed by atoms with E-state index in [0.29, 0.717) is 5.56 Å². The minimum atomic E-state index is -0.114. The van der Waals surface area contributed by atoms with Crippen LogP contribution in [0.2, 0.25) is 0 Å². The average Bonchev–Trinajstić information content (AvgIpc) is 3.17. The number of hydrogen-bond acceptors (Lipinski definition) is 3. The van der Waals surface area contributed by atoms with E-state index in [1.54, 1.807) is 11.3 Å². The van der Waals surface area contributed by atoms with Gasteiger partial charge in [0.25, 0.3) is 5.91 Å². The van der Waals surface area contributed by atoms with Crippen LogP contribution in [0.1, 0.15) is 26.8 Å². The van der Waals surface area contributed by atoms with Crippen molar-refractivity contribution >= 4 is 44.5 Å². The first-order chi connectivity index (χ1) is 10.2. The van der Waals surface area contributed by atoms with Crippen LogP contribution >= 0.6 is 38.6 Å². The molecule has 2 aromatic heterocycles. The van der Waals surface area contributed by atoms with Crippen molar-refractivity contribution in [3.05, 3.63) is 79.1 Å². The summed E-state index contributed by atoms with van der Waals surface area (Å²) < 4.78 is 0.958. The Bertz CT molecular complexity index is 722. The maximum absolute atomic E-state index is 12.4. The molecule has 1 unspecified atom stereocenters. The van der Waals surface area contributed by atoms with E-state index in [-0.39, 0.29) is 11.9 Å². The van der Waals surface area contributed by atoms with E-state index in [1.807, 2.05) is 59.3 Å². The van der Waals surface area contributed by atoms with Gasteiger partial charge in [0.05, 0.1) is 15.4 Å². The second-order valence-electron chi connectivity index (χ2n) is 4.47. The summed E-state index contributed by atoms with van der Waals surface area (Å²) in [5.74, 6) is -0.0563. The lowest BCUT2D eigenvalue weighted by molar-refractivity contribution is 0.0944. The van der Waals surface area contributed by atoms with E-state index >= 15 is 0 Å². The number of benzene rings is 1. The zero-order valence-corrected chi connectivity index (χ0v) is 14.2. The lowest BCUT2D eigenvalue weighted by atomic mass is 10.1. The van der Waals surface area contributed by atoms with Crippen molar-refractivity contribution in [2.75, 3.05) is 0 Å². The van der Waals surface area contributed by atoms with Crippen LogP contribution in [0.5, 0.6) is 0 Å². The zero-order valence-electron chi connectivity index (χ0n) is 11.0. The third kappa shape index (κ3) is 3.43. The predicted molar refractivity (Wildman–Crippen MR) is 92.1 cm³/mol. The molecule has 2 heterocycles. The monoisotopic (exact) mass is 377 g/mol. The van der Waals surface area contributed by atoms with E-state index in [4.69, 9.17) is 0 Å². The van der Waals surface area contributed by atoms with E-state index in [9.17, 15) is 4.79 Å². The first kappa shape index (κ1) is 14.5. The average molecular weight is 378 g/mol. The van der Waals surface area contributed by atoms with Gasteiger partial charge in [0.2, 0.25) is 0 Å². The topological polar surface area (TPSA) is 29.1 Å². The van der Waals surface area contributed by atoms with Crippen molar-refractivity contribution in [2.45, 2.75) is 6.04 Å². The molecule has 0 saturated carbocycles. The molecule has 2 nitrogen and oxygen atoms in total. The summed E-state index contributed by atoms with van der Waals surface area (Å²) in [7, 11) is 0. The third-order valence-electron chi connectivity index (χ3n) is 3.07. The summed E-state index contributed by atoms with van der Waals surface area (Å²) in [6.07, 6.45) is 0. The maximum Gasteiger partial charge on any atom is 0.252 e. The molecule has 5 heteroatoms. The molecule has 1 aromatic carbocycles. The molecule has 0 bridgehead atoms. The summed E-state index contributed by atoms with van der Waals surface area (Å²) in [4.78, 5) is 13.5. The van der Waals surface area contributed by atoms with Crippen LogP contribution < -0.4 is 5.32 Å². The molecule has 106 valence electrons. The molecule has 0 radical (unpaired) electrons. The smallest absolute Gasteiger partial charge is 0.252 e.